The molecule has 8 nitrogen and oxygen atoms in total. The second-order valence-electron chi connectivity index (χ2n) is 8.56. The van der Waals surface area contributed by atoms with Crippen molar-refractivity contribution in [2.45, 2.75) is 32.7 Å². The number of carbonyl (C=O) groups is 1. The van der Waals surface area contributed by atoms with Gasteiger partial charge < -0.3 is 13.9 Å². The number of hydrogen-bond acceptors (Lipinski definition) is 8. The lowest BCUT2D eigenvalue weighted by atomic mass is 9.98. The van der Waals surface area contributed by atoms with E-state index in [0.29, 0.717) is 46.4 Å². The van der Waals surface area contributed by atoms with Crippen LogP contribution in [-0.2, 0) is 0 Å². The average molecular weight is 504 g/mol. The zero-order chi connectivity index (χ0) is 25.4. The summed E-state index contributed by atoms with van der Waals surface area (Å²) in [5, 5.41) is 10.2. The first-order chi connectivity index (χ1) is 17.4. The van der Waals surface area contributed by atoms with Crippen molar-refractivity contribution in [1.29, 1.82) is 0 Å². The van der Waals surface area contributed by atoms with Crippen molar-refractivity contribution in [3.63, 3.8) is 0 Å². The molecule has 184 valence electrons. The summed E-state index contributed by atoms with van der Waals surface area (Å²) in [6.07, 6.45) is 1.65. The normalized spacial score (nSPS) is 14.9. The molecule has 0 saturated carbocycles. The molecule has 0 saturated heterocycles. The highest BCUT2D eigenvalue weighted by Crippen LogP contribution is 2.44. The van der Waals surface area contributed by atoms with Crippen molar-refractivity contribution < 1.29 is 18.7 Å². The Morgan fingerprint density at radius 1 is 1.14 bits per heavy atom. The van der Waals surface area contributed by atoms with E-state index in [1.165, 1.54) is 16.2 Å². The van der Waals surface area contributed by atoms with Crippen LogP contribution in [0.3, 0.4) is 0 Å². The number of nitrogens with zero attached hydrogens (tertiary/aromatic N) is 3. The standard InChI is InChI=1S/C27H25N3O5S/c1-5-13-34-19-12-11-16(14-20(19)33-6-2)22-21-23(31)17-9-7-8-10-18(17)35-24(21)26(32)30(22)27-29-28-25(36-27)15(3)4/h5,7-12,14-15,22H,1,6,13H2,2-4H3. The predicted octanol–water partition coefficient (Wildman–Crippen LogP) is 5.48. The lowest BCUT2D eigenvalue weighted by molar-refractivity contribution is 0.0970. The number of ether oxygens (including phenoxy) is 2. The van der Waals surface area contributed by atoms with Crippen molar-refractivity contribution in [3.8, 4) is 11.5 Å². The average Bonchev–Trinajstić information content (AvgIpc) is 3.47. The van der Waals surface area contributed by atoms with E-state index in [-0.39, 0.29) is 22.7 Å². The summed E-state index contributed by atoms with van der Waals surface area (Å²) in [7, 11) is 0. The molecule has 0 bridgehead atoms. The van der Waals surface area contributed by atoms with Crippen LogP contribution in [0.25, 0.3) is 11.0 Å². The Bertz CT molecular complexity index is 1520. The largest absolute Gasteiger partial charge is 0.490 e. The minimum Gasteiger partial charge on any atom is -0.490 e. The Morgan fingerprint density at radius 3 is 2.67 bits per heavy atom. The molecule has 0 aliphatic carbocycles. The van der Waals surface area contributed by atoms with Crippen LogP contribution in [0, 0.1) is 0 Å². The van der Waals surface area contributed by atoms with Crippen LogP contribution < -0.4 is 19.8 Å². The van der Waals surface area contributed by atoms with Crippen molar-refractivity contribution in [1.82, 2.24) is 10.2 Å². The van der Waals surface area contributed by atoms with E-state index >= 15 is 0 Å². The van der Waals surface area contributed by atoms with Gasteiger partial charge in [-0.15, -0.1) is 10.2 Å². The molecule has 1 unspecified atom stereocenters. The number of benzene rings is 2. The molecule has 0 N–H and O–H groups in total. The molecule has 2 aromatic heterocycles. The highest BCUT2D eigenvalue weighted by Gasteiger charge is 2.45. The third-order valence-electron chi connectivity index (χ3n) is 5.85. The van der Waals surface area contributed by atoms with Crippen molar-refractivity contribution in [2.75, 3.05) is 18.1 Å². The summed E-state index contributed by atoms with van der Waals surface area (Å²) < 4.78 is 17.6. The van der Waals surface area contributed by atoms with Crippen LogP contribution >= 0.6 is 11.3 Å². The third kappa shape index (κ3) is 3.95. The predicted molar refractivity (Wildman–Crippen MR) is 138 cm³/mol. The molecule has 0 fully saturated rings. The summed E-state index contributed by atoms with van der Waals surface area (Å²) in [5.41, 5.74) is 1.03. The number of aromatic nitrogens is 2. The van der Waals surface area contributed by atoms with Gasteiger partial charge in [-0.3, -0.25) is 14.5 Å². The number of hydrogen-bond donors (Lipinski definition) is 0. The van der Waals surface area contributed by atoms with Gasteiger partial charge in [-0.1, -0.05) is 56.0 Å². The van der Waals surface area contributed by atoms with E-state index in [1.54, 1.807) is 42.5 Å². The van der Waals surface area contributed by atoms with Gasteiger partial charge in [-0.2, -0.15) is 0 Å². The minimum atomic E-state index is -0.769. The lowest BCUT2D eigenvalue weighted by Crippen LogP contribution is -2.29. The monoisotopic (exact) mass is 503 g/mol. The maximum absolute atomic E-state index is 13.7. The Morgan fingerprint density at radius 2 is 1.94 bits per heavy atom. The number of amides is 1. The summed E-state index contributed by atoms with van der Waals surface area (Å²) in [5.74, 6) is 0.760. The lowest BCUT2D eigenvalue weighted by Gasteiger charge is -2.23. The Kier molecular flexibility index (Phi) is 6.32. The topological polar surface area (TPSA) is 94.8 Å². The van der Waals surface area contributed by atoms with Gasteiger partial charge in [0.25, 0.3) is 5.91 Å². The van der Waals surface area contributed by atoms with Gasteiger partial charge >= 0.3 is 0 Å². The van der Waals surface area contributed by atoms with Gasteiger partial charge in [0.15, 0.2) is 16.9 Å². The SMILES string of the molecule is C=CCOc1ccc(C2c3c(oc4ccccc4c3=O)C(=O)N2c2nnc(C(C)C)s2)cc1OCC. The zero-order valence-corrected chi connectivity index (χ0v) is 21.0. The molecule has 1 amide bonds. The molecule has 4 aromatic rings. The minimum absolute atomic E-state index is 0.00920. The molecule has 1 aliphatic rings. The molecular formula is C27H25N3O5S. The highest BCUT2D eigenvalue weighted by molar-refractivity contribution is 7.15. The molecule has 9 heteroatoms. The van der Waals surface area contributed by atoms with Gasteiger partial charge in [0.2, 0.25) is 10.9 Å². The summed E-state index contributed by atoms with van der Waals surface area (Å²) in [4.78, 5) is 29.0. The first-order valence-corrected chi connectivity index (χ1v) is 12.5. The molecule has 36 heavy (non-hydrogen) atoms. The maximum atomic E-state index is 13.7. The number of rotatable bonds is 8. The van der Waals surface area contributed by atoms with Crippen LogP contribution in [-0.4, -0.2) is 29.3 Å². The van der Waals surface area contributed by atoms with Crippen LogP contribution in [0.1, 0.15) is 59.4 Å². The third-order valence-corrected chi connectivity index (χ3v) is 7.07. The summed E-state index contributed by atoms with van der Waals surface area (Å²) in [6, 6.07) is 11.5. The molecule has 1 atom stereocenters. The van der Waals surface area contributed by atoms with Gasteiger partial charge in [0, 0.05) is 5.92 Å². The molecule has 2 aromatic carbocycles. The number of carbonyl (C=O) groups excluding carboxylic acids is 1. The second kappa shape index (κ2) is 9.58. The molecular weight excluding hydrogens is 478 g/mol. The van der Waals surface area contributed by atoms with Crippen LogP contribution in [0.15, 0.2) is 64.3 Å². The van der Waals surface area contributed by atoms with Gasteiger partial charge in [-0.05, 0) is 36.8 Å². The molecule has 1 aliphatic heterocycles. The first kappa shape index (κ1) is 23.7. The summed E-state index contributed by atoms with van der Waals surface area (Å²) >= 11 is 1.32. The molecule has 5 rings (SSSR count). The van der Waals surface area contributed by atoms with Gasteiger partial charge in [0.05, 0.1) is 23.6 Å². The zero-order valence-electron chi connectivity index (χ0n) is 20.2. The number of fused-ring (bicyclic) bond motifs is 2. The Hall–Kier alpha value is -3.98. The van der Waals surface area contributed by atoms with Gasteiger partial charge in [0.1, 0.15) is 17.2 Å². The van der Waals surface area contributed by atoms with E-state index in [4.69, 9.17) is 13.9 Å². The van der Waals surface area contributed by atoms with Crippen molar-refractivity contribution >= 4 is 33.3 Å². The summed E-state index contributed by atoms with van der Waals surface area (Å²) in [6.45, 7) is 10.3. The van der Waals surface area contributed by atoms with Crippen molar-refractivity contribution in [2.24, 2.45) is 0 Å². The van der Waals surface area contributed by atoms with Crippen LogP contribution in [0.4, 0.5) is 5.13 Å². The fourth-order valence-electron chi connectivity index (χ4n) is 4.22. The van der Waals surface area contributed by atoms with Crippen LogP contribution in [0.5, 0.6) is 11.5 Å². The fourth-order valence-corrected chi connectivity index (χ4v) is 5.09. The Labute approximate surface area is 211 Å². The highest BCUT2D eigenvalue weighted by atomic mass is 32.1. The number of para-hydroxylation sites is 1. The maximum Gasteiger partial charge on any atom is 0.297 e. The van der Waals surface area contributed by atoms with Gasteiger partial charge in [-0.25, -0.2) is 0 Å². The quantitative estimate of drug-likeness (QED) is 0.294. The fraction of sp³-hybridized carbons (Fsp3) is 0.259. The second-order valence-corrected chi connectivity index (χ2v) is 9.55. The van der Waals surface area contributed by atoms with E-state index < -0.39 is 11.9 Å². The Balaban J connectivity index is 1.73. The molecule has 0 radical (unpaired) electrons. The smallest absolute Gasteiger partial charge is 0.297 e. The number of anilines is 1. The van der Waals surface area contributed by atoms with E-state index in [2.05, 4.69) is 16.8 Å². The van der Waals surface area contributed by atoms with Crippen LogP contribution in [0.2, 0.25) is 0 Å². The molecule has 3 heterocycles. The first-order valence-electron chi connectivity index (χ1n) is 11.7. The van der Waals surface area contributed by atoms with E-state index in [1.807, 2.05) is 26.8 Å². The molecule has 0 spiro atoms. The van der Waals surface area contributed by atoms with Crippen molar-refractivity contribution in [3.05, 3.63) is 87.2 Å². The van der Waals surface area contributed by atoms with E-state index in [0.717, 1.165) is 5.01 Å². The van der Waals surface area contributed by atoms with E-state index in [9.17, 15) is 9.59 Å².